The molecule has 1 amide bonds. The molecule has 4 heteroatoms. The first-order valence-corrected chi connectivity index (χ1v) is 5.67. The predicted molar refractivity (Wildman–Crippen MR) is 62.8 cm³/mol. The molecule has 3 nitrogen and oxygen atoms in total. The van der Waals surface area contributed by atoms with Crippen molar-refractivity contribution in [3.63, 3.8) is 0 Å². The number of halogens is 1. The van der Waals surface area contributed by atoms with E-state index in [4.69, 9.17) is 5.73 Å². The summed E-state index contributed by atoms with van der Waals surface area (Å²) in [7, 11) is 0. The van der Waals surface area contributed by atoms with Crippen molar-refractivity contribution >= 4 is 21.8 Å². The number of carbonyl (C=O) groups is 1. The van der Waals surface area contributed by atoms with Gasteiger partial charge in [0.1, 0.15) is 0 Å². The SMILES string of the molecule is Cc1cc(Br)cc(C(=O)N2CC(N)C2)c1. The Morgan fingerprint density at radius 1 is 1.47 bits per heavy atom. The van der Waals surface area contributed by atoms with E-state index < -0.39 is 0 Å². The van der Waals surface area contributed by atoms with Crippen molar-refractivity contribution in [3.8, 4) is 0 Å². The molecule has 0 atom stereocenters. The van der Waals surface area contributed by atoms with Crippen LogP contribution in [0.25, 0.3) is 0 Å². The van der Waals surface area contributed by atoms with Gasteiger partial charge in [-0.2, -0.15) is 0 Å². The molecule has 15 heavy (non-hydrogen) atoms. The molecular weight excluding hydrogens is 256 g/mol. The Morgan fingerprint density at radius 2 is 2.13 bits per heavy atom. The summed E-state index contributed by atoms with van der Waals surface area (Å²) in [5, 5.41) is 0. The van der Waals surface area contributed by atoms with Crippen molar-refractivity contribution in [2.24, 2.45) is 5.73 Å². The Bertz CT molecular complexity index is 379. The van der Waals surface area contributed by atoms with Crippen LogP contribution in [-0.4, -0.2) is 29.9 Å². The number of amides is 1. The summed E-state index contributed by atoms with van der Waals surface area (Å²) in [6, 6.07) is 5.89. The Morgan fingerprint density at radius 3 is 2.67 bits per heavy atom. The van der Waals surface area contributed by atoms with Crippen molar-refractivity contribution in [1.29, 1.82) is 0 Å². The van der Waals surface area contributed by atoms with Crippen molar-refractivity contribution in [2.75, 3.05) is 13.1 Å². The standard InChI is InChI=1S/C11H13BrN2O/c1-7-2-8(4-9(12)3-7)11(15)14-5-10(13)6-14/h2-4,10H,5-6,13H2,1H3. The number of rotatable bonds is 1. The zero-order chi connectivity index (χ0) is 11.0. The van der Waals surface area contributed by atoms with E-state index in [2.05, 4.69) is 15.9 Å². The topological polar surface area (TPSA) is 46.3 Å². The Balaban J connectivity index is 2.18. The van der Waals surface area contributed by atoms with Gasteiger partial charge in [-0.05, 0) is 30.7 Å². The fourth-order valence-electron chi connectivity index (χ4n) is 1.72. The number of likely N-dealkylation sites (tertiary alicyclic amines) is 1. The fraction of sp³-hybridized carbons (Fsp3) is 0.364. The number of carbonyl (C=O) groups excluding carboxylic acids is 1. The van der Waals surface area contributed by atoms with Gasteiger partial charge < -0.3 is 10.6 Å². The molecular formula is C11H13BrN2O. The van der Waals surface area contributed by atoms with Crippen LogP contribution in [0.3, 0.4) is 0 Å². The maximum absolute atomic E-state index is 11.9. The van der Waals surface area contributed by atoms with Crippen LogP contribution in [0.2, 0.25) is 0 Å². The third-order valence-corrected chi connectivity index (χ3v) is 2.94. The van der Waals surface area contributed by atoms with Gasteiger partial charge in [-0.1, -0.05) is 15.9 Å². The van der Waals surface area contributed by atoms with Crippen LogP contribution in [0.4, 0.5) is 0 Å². The Kier molecular flexibility index (Phi) is 2.80. The third kappa shape index (κ3) is 2.21. The first kappa shape index (κ1) is 10.6. The maximum atomic E-state index is 11.9. The van der Waals surface area contributed by atoms with Gasteiger partial charge in [-0.3, -0.25) is 4.79 Å². The quantitative estimate of drug-likeness (QED) is 0.840. The average Bonchev–Trinajstić information content (AvgIpc) is 2.10. The van der Waals surface area contributed by atoms with Crippen LogP contribution >= 0.6 is 15.9 Å². The van der Waals surface area contributed by atoms with Crippen LogP contribution in [-0.2, 0) is 0 Å². The molecule has 2 N–H and O–H groups in total. The van der Waals surface area contributed by atoms with Crippen molar-refractivity contribution < 1.29 is 4.79 Å². The van der Waals surface area contributed by atoms with Gasteiger partial charge in [0.25, 0.3) is 5.91 Å². The van der Waals surface area contributed by atoms with Crippen molar-refractivity contribution in [2.45, 2.75) is 13.0 Å². The summed E-state index contributed by atoms with van der Waals surface area (Å²) in [4.78, 5) is 13.7. The number of nitrogens with zero attached hydrogens (tertiary/aromatic N) is 1. The number of aryl methyl sites for hydroxylation is 1. The molecule has 1 saturated heterocycles. The summed E-state index contributed by atoms with van der Waals surface area (Å²) in [6.07, 6.45) is 0. The monoisotopic (exact) mass is 268 g/mol. The Hall–Kier alpha value is -0.870. The van der Waals surface area contributed by atoms with Gasteiger partial charge in [0.05, 0.1) is 0 Å². The number of benzene rings is 1. The lowest BCUT2D eigenvalue weighted by Gasteiger charge is -2.36. The van der Waals surface area contributed by atoms with Crippen LogP contribution in [0.1, 0.15) is 15.9 Å². The largest absolute Gasteiger partial charge is 0.335 e. The van der Waals surface area contributed by atoms with E-state index in [0.717, 1.165) is 15.6 Å². The van der Waals surface area contributed by atoms with Gasteiger partial charge in [0.2, 0.25) is 0 Å². The van der Waals surface area contributed by atoms with E-state index in [1.165, 1.54) is 0 Å². The molecule has 1 heterocycles. The fourth-order valence-corrected chi connectivity index (χ4v) is 2.33. The lowest BCUT2D eigenvalue weighted by molar-refractivity contribution is 0.0608. The zero-order valence-corrected chi connectivity index (χ0v) is 10.1. The molecule has 0 saturated carbocycles. The summed E-state index contributed by atoms with van der Waals surface area (Å²) in [5.41, 5.74) is 7.45. The summed E-state index contributed by atoms with van der Waals surface area (Å²) in [6.45, 7) is 3.32. The van der Waals surface area contributed by atoms with Crippen LogP contribution in [0, 0.1) is 6.92 Å². The number of hydrogen-bond acceptors (Lipinski definition) is 2. The van der Waals surface area contributed by atoms with Crippen molar-refractivity contribution in [1.82, 2.24) is 4.90 Å². The third-order valence-electron chi connectivity index (χ3n) is 2.49. The highest BCUT2D eigenvalue weighted by Gasteiger charge is 2.28. The minimum Gasteiger partial charge on any atom is -0.335 e. The van der Waals surface area contributed by atoms with Gasteiger partial charge in [-0.15, -0.1) is 0 Å². The van der Waals surface area contributed by atoms with E-state index in [1.807, 2.05) is 25.1 Å². The van der Waals surface area contributed by atoms with E-state index in [0.29, 0.717) is 13.1 Å². The molecule has 0 unspecified atom stereocenters. The molecule has 1 aliphatic heterocycles. The van der Waals surface area contributed by atoms with E-state index in [1.54, 1.807) is 4.90 Å². The molecule has 0 aromatic heterocycles. The second-order valence-corrected chi connectivity index (χ2v) is 4.90. The summed E-state index contributed by atoms with van der Waals surface area (Å²) in [5.74, 6) is 0.0705. The molecule has 1 aliphatic rings. The normalized spacial score (nSPS) is 16.3. The second-order valence-electron chi connectivity index (χ2n) is 3.99. The highest BCUT2D eigenvalue weighted by molar-refractivity contribution is 9.10. The number of hydrogen-bond donors (Lipinski definition) is 1. The molecule has 80 valence electrons. The molecule has 0 radical (unpaired) electrons. The molecule has 0 bridgehead atoms. The van der Waals surface area contributed by atoms with Crippen LogP contribution in [0.15, 0.2) is 22.7 Å². The van der Waals surface area contributed by atoms with Crippen LogP contribution in [0.5, 0.6) is 0 Å². The lowest BCUT2D eigenvalue weighted by atomic mass is 10.1. The number of nitrogens with two attached hydrogens (primary N) is 1. The zero-order valence-electron chi connectivity index (χ0n) is 8.53. The minimum absolute atomic E-state index is 0.0705. The Labute approximate surface area is 97.4 Å². The first-order valence-electron chi connectivity index (χ1n) is 4.88. The first-order chi connectivity index (χ1) is 7.06. The summed E-state index contributed by atoms with van der Waals surface area (Å²) < 4.78 is 0.940. The average molecular weight is 269 g/mol. The summed E-state index contributed by atoms with van der Waals surface area (Å²) >= 11 is 3.39. The highest BCUT2D eigenvalue weighted by Crippen LogP contribution is 2.18. The van der Waals surface area contributed by atoms with Crippen LogP contribution < -0.4 is 5.73 Å². The smallest absolute Gasteiger partial charge is 0.254 e. The minimum atomic E-state index is 0.0705. The van der Waals surface area contributed by atoms with Gasteiger partial charge in [0.15, 0.2) is 0 Å². The predicted octanol–water partition coefficient (Wildman–Crippen LogP) is 1.54. The molecule has 0 spiro atoms. The van der Waals surface area contributed by atoms with Gasteiger partial charge in [0, 0.05) is 29.2 Å². The van der Waals surface area contributed by atoms with Gasteiger partial charge in [-0.25, -0.2) is 0 Å². The maximum Gasteiger partial charge on any atom is 0.254 e. The van der Waals surface area contributed by atoms with E-state index >= 15 is 0 Å². The second kappa shape index (κ2) is 3.94. The van der Waals surface area contributed by atoms with E-state index in [9.17, 15) is 4.79 Å². The van der Waals surface area contributed by atoms with Gasteiger partial charge >= 0.3 is 0 Å². The lowest BCUT2D eigenvalue weighted by Crippen LogP contribution is -2.57. The molecule has 0 aliphatic carbocycles. The van der Waals surface area contributed by atoms with Crippen molar-refractivity contribution in [3.05, 3.63) is 33.8 Å². The van der Waals surface area contributed by atoms with E-state index in [-0.39, 0.29) is 11.9 Å². The molecule has 2 rings (SSSR count). The molecule has 1 aromatic carbocycles. The highest BCUT2D eigenvalue weighted by atomic mass is 79.9. The molecule has 1 aromatic rings. The molecule has 1 fully saturated rings.